The van der Waals surface area contributed by atoms with Crippen molar-refractivity contribution in [1.29, 1.82) is 0 Å². The molecule has 2 aromatic carbocycles. The quantitative estimate of drug-likeness (QED) is 0.524. The lowest BCUT2D eigenvalue weighted by Gasteiger charge is -2.26. The van der Waals surface area contributed by atoms with Crippen molar-refractivity contribution in [1.82, 2.24) is 9.80 Å². The summed E-state index contributed by atoms with van der Waals surface area (Å²) in [5.41, 5.74) is 2.79. The molecule has 0 amide bonds. The Kier molecular flexibility index (Phi) is 9.54. The third-order valence-electron chi connectivity index (χ3n) is 5.28. The maximum absolute atomic E-state index is 6.02. The van der Waals surface area contributed by atoms with Gasteiger partial charge >= 0.3 is 0 Å². The molecule has 0 N–H and O–H groups in total. The van der Waals surface area contributed by atoms with Crippen LogP contribution in [0.15, 0.2) is 60.7 Å². The maximum Gasteiger partial charge on any atom is 0.0481 e. The van der Waals surface area contributed by atoms with Crippen LogP contribution >= 0.6 is 0 Å². The van der Waals surface area contributed by atoms with E-state index in [4.69, 9.17) is 4.74 Å². The summed E-state index contributed by atoms with van der Waals surface area (Å²) in [6, 6.07) is 22.5. The second-order valence-electron chi connectivity index (χ2n) is 7.80. The Balaban J connectivity index is 1.71. The average Bonchev–Trinajstić information content (AvgIpc) is 2.67. The highest BCUT2D eigenvalue weighted by Crippen LogP contribution is 2.12. The first kappa shape index (κ1) is 21.6. The van der Waals surface area contributed by atoms with Gasteiger partial charge in [-0.1, -0.05) is 60.7 Å². The Morgan fingerprint density at radius 3 is 1.33 bits per heavy atom. The van der Waals surface area contributed by atoms with Crippen LogP contribution in [-0.2, 0) is 17.6 Å². The van der Waals surface area contributed by atoms with E-state index >= 15 is 0 Å². The lowest BCUT2D eigenvalue weighted by Crippen LogP contribution is -2.32. The Morgan fingerprint density at radius 1 is 0.630 bits per heavy atom. The molecule has 0 radical (unpaired) electrons. The average molecular weight is 369 g/mol. The molecule has 0 aliphatic rings. The predicted octanol–water partition coefficient (Wildman–Crippen LogP) is 4.13. The van der Waals surface area contributed by atoms with Gasteiger partial charge in [0, 0.05) is 25.3 Å². The normalized spacial score (nSPS) is 13.9. The van der Waals surface area contributed by atoms with Gasteiger partial charge in [0.05, 0.1) is 0 Å². The van der Waals surface area contributed by atoms with Crippen LogP contribution < -0.4 is 0 Å². The fraction of sp³-hybridized carbons (Fsp3) is 0.500. The monoisotopic (exact) mass is 368 g/mol. The third-order valence-corrected chi connectivity index (χ3v) is 5.28. The highest BCUT2D eigenvalue weighted by molar-refractivity contribution is 5.16. The predicted molar refractivity (Wildman–Crippen MR) is 115 cm³/mol. The van der Waals surface area contributed by atoms with Crippen molar-refractivity contribution in [2.75, 3.05) is 41.4 Å². The van der Waals surface area contributed by atoms with E-state index in [1.54, 1.807) is 0 Å². The van der Waals surface area contributed by atoms with Crippen LogP contribution in [0.3, 0.4) is 0 Å². The summed E-state index contributed by atoms with van der Waals surface area (Å²) < 4.78 is 6.02. The van der Waals surface area contributed by atoms with E-state index in [-0.39, 0.29) is 0 Å². The Labute approximate surface area is 166 Å². The fourth-order valence-corrected chi connectivity index (χ4v) is 3.40. The van der Waals surface area contributed by atoms with E-state index in [0.29, 0.717) is 12.1 Å². The van der Waals surface area contributed by atoms with E-state index in [9.17, 15) is 0 Å². The van der Waals surface area contributed by atoms with E-state index in [2.05, 4.69) is 98.7 Å². The summed E-state index contributed by atoms with van der Waals surface area (Å²) in [6.45, 7) is 1.64. The fourth-order valence-electron chi connectivity index (χ4n) is 3.40. The van der Waals surface area contributed by atoms with Crippen molar-refractivity contribution in [2.24, 2.45) is 0 Å². The lowest BCUT2D eigenvalue weighted by atomic mass is 10.0. The molecule has 0 heterocycles. The van der Waals surface area contributed by atoms with E-state index in [1.165, 1.54) is 11.1 Å². The number of nitrogens with zero attached hydrogens (tertiary/aromatic N) is 2. The Hall–Kier alpha value is -1.68. The van der Waals surface area contributed by atoms with Crippen LogP contribution in [0, 0.1) is 0 Å². The summed E-state index contributed by atoms with van der Waals surface area (Å²) in [5.74, 6) is 0. The standard InChI is InChI=1S/C24H36N2O/c1-25(2)23(19-21-11-7-5-8-12-21)15-17-27-18-16-24(26(3)4)20-22-13-9-6-10-14-22/h5-14,23-24H,15-20H2,1-4H3. The zero-order valence-corrected chi connectivity index (χ0v) is 17.5. The van der Waals surface area contributed by atoms with Crippen molar-refractivity contribution in [3.05, 3.63) is 71.8 Å². The van der Waals surface area contributed by atoms with Crippen molar-refractivity contribution < 1.29 is 4.74 Å². The SMILES string of the molecule is CN(C)C(CCOCCC(Cc1ccccc1)N(C)C)Cc1ccccc1. The molecule has 0 spiro atoms. The molecule has 0 saturated heterocycles. The van der Waals surface area contributed by atoms with Crippen molar-refractivity contribution in [2.45, 2.75) is 37.8 Å². The van der Waals surface area contributed by atoms with E-state index < -0.39 is 0 Å². The highest BCUT2D eigenvalue weighted by Gasteiger charge is 2.14. The molecule has 2 unspecified atom stereocenters. The zero-order chi connectivity index (χ0) is 19.5. The van der Waals surface area contributed by atoms with Crippen LogP contribution in [0.5, 0.6) is 0 Å². The van der Waals surface area contributed by atoms with Gasteiger partial charge in [-0.05, 0) is 65.0 Å². The van der Waals surface area contributed by atoms with Gasteiger partial charge in [-0.3, -0.25) is 0 Å². The lowest BCUT2D eigenvalue weighted by molar-refractivity contribution is 0.0924. The van der Waals surface area contributed by atoms with Crippen LogP contribution in [0.2, 0.25) is 0 Å². The summed E-state index contributed by atoms with van der Waals surface area (Å²) in [5, 5.41) is 0. The molecule has 0 bridgehead atoms. The van der Waals surface area contributed by atoms with Gasteiger partial charge in [0.15, 0.2) is 0 Å². The Morgan fingerprint density at radius 2 is 1.00 bits per heavy atom. The van der Waals surface area contributed by atoms with Gasteiger partial charge in [-0.25, -0.2) is 0 Å². The molecule has 2 aromatic rings. The third kappa shape index (κ3) is 8.25. The van der Waals surface area contributed by atoms with E-state index in [0.717, 1.165) is 38.9 Å². The molecule has 0 fully saturated rings. The summed E-state index contributed by atoms with van der Waals surface area (Å²) in [6.07, 6.45) is 4.28. The molecule has 2 atom stereocenters. The number of hydrogen-bond donors (Lipinski definition) is 0. The van der Waals surface area contributed by atoms with Crippen molar-refractivity contribution >= 4 is 0 Å². The van der Waals surface area contributed by atoms with Crippen LogP contribution in [0.25, 0.3) is 0 Å². The smallest absolute Gasteiger partial charge is 0.0481 e. The zero-order valence-electron chi connectivity index (χ0n) is 17.5. The minimum absolute atomic E-state index is 0.515. The first-order chi connectivity index (χ1) is 13.1. The van der Waals surface area contributed by atoms with Crippen LogP contribution in [0.1, 0.15) is 24.0 Å². The molecule has 0 saturated carbocycles. The van der Waals surface area contributed by atoms with Gasteiger partial charge in [0.25, 0.3) is 0 Å². The summed E-state index contributed by atoms with van der Waals surface area (Å²) >= 11 is 0. The van der Waals surface area contributed by atoms with Gasteiger partial charge in [0.1, 0.15) is 0 Å². The number of rotatable bonds is 12. The molecule has 0 aliphatic heterocycles. The van der Waals surface area contributed by atoms with Crippen molar-refractivity contribution in [3.63, 3.8) is 0 Å². The number of likely N-dealkylation sites (N-methyl/N-ethyl adjacent to an activating group) is 2. The second kappa shape index (κ2) is 11.9. The number of ether oxygens (including phenoxy) is 1. The molecule has 3 heteroatoms. The molecule has 3 nitrogen and oxygen atoms in total. The molecule has 148 valence electrons. The summed E-state index contributed by atoms with van der Waals surface area (Å²) in [4.78, 5) is 4.63. The topological polar surface area (TPSA) is 15.7 Å². The highest BCUT2D eigenvalue weighted by atomic mass is 16.5. The van der Waals surface area contributed by atoms with Gasteiger partial charge in [-0.15, -0.1) is 0 Å². The van der Waals surface area contributed by atoms with Gasteiger partial charge in [0.2, 0.25) is 0 Å². The maximum atomic E-state index is 6.02. The first-order valence-electron chi connectivity index (χ1n) is 10.0. The number of hydrogen-bond acceptors (Lipinski definition) is 3. The van der Waals surface area contributed by atoms with Crippen molar-refractivity contribution in [3.8, 4) is 0 Å². The number of benzene rings is 2. The largest absolute Gasteiger partial charge is 0.381 e. The molecular weight excluding hydrogens is 332 g/mol. The van der Waals surface area contributed by atoms with Gasteiger partial charge < -0.3 is 14.5 Å². The minimum Gasteiger partial charge on any atom is -0.381 e. The molecule has 0 aliphatic carbocycles. The summed E-state index contributed by atoms with van der Waals surface area (Å²) in [7, 11) is 8.65. The van der Waals surface area contributed by atoms with Crippen LogP contribution in [0.4, 0.5) is 0 Å². The van der Waals surface area contributed by atoms with E-state index in [1.807, 2.05) is 0 Å². The molecule has 0 aromatic heterocycles. The first-order valence-corrected chi connectivity index (χ1v) is 10.0. The molecular formula is C24H36N2O. The molecule has 27 heavy (non-hydrogen) atoms. The van der Waals surface area contributed by atoms with Crippen LogP contribution in [-0.4, -0.2) is 63.3 Å². The minimum atomic E-state index is 0.515. The molecule has 2 rings (SSSR count). The second-order valence-corrected chi connectivity index (χ2v) is 7.80. The van der Waals surface area contributed by atoms with Gasteiger partial charge in [-0.2, -0.15) is 0 Å². The Bertz CT molecular complexity index is 557.